The molecular formula is C8H11BrNO2+. The van der Waals surface area contributed by atoms with Gasteiger partial charge in [0.2, 0.25) is 6.20 Å². The lowest BCUT2D eigenvalue weighted by molar-refractivity contribution is -0.905. The molecule has 0 aliphatic heterocycles. The zero-order valence-electron chi connectivity index (χ0n) is 6.99. The summed E-state index contributed by atoms with van der Waals surface area (Å²) in [6, 6.07) is 1.80. The van der Waals surface area contributed by atoms with Crippen LogP contribution in [0.4, 0.5) is 0 Å². The van der Waals surface area contributed by atoms with E-state index in [4.69, 9.17) is 9.94 Å². The van der Waals surface area contributed by atoms with Crippen molar-refractivity contribution in [3.8, 4) is 5.75 Å². The van der Waals surface area contributed by atoms with E-state index in [1.807, 2.05) is 13.8 Å². The lowest BCUT2D eigenvalue weighted by Gasteiger charge is -2.06. The summed E-state index contributed by atoms with van der Waals surface area (Å²) in [6.45, 7) is 3.87. The van der Waals surface area contributed by atoms with Crippen LogP contribution in [0, 0.1) is 0 Å². The van der Waals surface area contributed by atoms with Crippen molar-refractivity contribution in [2.45, 2.75) is 20.0 Å². The molecule has 0 fully saturated rings. The Balaban J connectivity index is 2.85. The Labute approximate surface area is 79.7 Å². The molecule has 0 unspecified atom stereocenters. The molecule has 0 saturated heterocycles. The molecule has 0 spiro atoms. The third kappa shape index (κ3) is 2.70. The van der Waals surface area contributed by atoms with Crippen LogP contribution in [0.5, 0.6) is 5.75 Å². The van der Waals surface area contributed by atoms with Crippen LogP contribution in [0.2, 0.25) is 0 Å². The van der Waals surface area contributed by atoms with Crippen LogP contribution in [0.3, 0.4) is 0 Å². The maximum absolute atomic E-state index is 9.11. The lowest BCUT2D eigenvalue weighted by atomic mass is 10.4. The molecule has 12 heavy (non-hydrogen) atoms. The number of aromatic nitrogens is 1. The molecule has 0 saturated carbocycles. The van der Waals surface area contributed by atoms with E-state index in [1.54, 1.807) is 6.07 Å². The second kappa shape index (κ2) is 3.76. The van der Waals surface area contributed by atoms with Crippen molar-refractivity contribution in [2.75, 3.05) is 0 Å². The van der Waals surface area contributed by atoms with Crippen LogP contribution in [0.1, 0.15) is 13.8 Å². The van der Waals surface area contributed by atoms with Crippen molar-refractivity contribution in [3.05, 3.63) is 22.9 Å². The Morgan fingerprint density at radius 3 is 2.67 bits per heavy atom. The Morgan fingerprint density at radius 1 is 1.50 bits per heavy atom. The van der Waals surface area contributed by atoms with Gasteiger partial charge in [-0.3, -0.25) is 5.21 Å². The average Bonchev–Trinajstić information content (AvgIpc) is 1.81. The van der Waals surface area contributed by atoms with Crippen molar-refractivity contribution in [1.29, 1.82) is 0 Å². The Morgan fingerprint density at radius 2 is 2.17 bits per heavy atom. The van der Waals surface area contributed by atoms with E-state index in [9.17, 15) is 0 Å². The van der Waals surface area contributed by atoms with Gasteiger partial charge in [-0.05, 0) is 29.8 Å². The first-order chi connectivity index (χ1) is 5.58. The van der Waals surface area contributed by atoms with Crippen molar-refractivity contribution in [3.63, 3.8) is 0 Å². The predicted octanol–water partition coefficient (Wildman–Crippen LogP) is 1.76. The van der Waals surface area contributed by atoms with Crippen LogP contribution in [-0.2, 0) is 0 Å². The topological polar surface area (TPSA) is 33.3 Å². The molecular weight excluding hydrogens is 222 g/mol. The molecule has 1 aromatic rings. The molecule has 1 rings (SSSR count). The van der Waals surface area contributed by atoms with E-state index in [-0.39, 0.29) is 6.10 Å². The first kappa shape index (κ1) is 9.32. The first-order valence-corrected chi connectivity index (χ1v) is 4.45. The minimum atomic E-state index is 0.110. The summed E-state index contributed by atoms with van der Waals surface area (Å²) in [5.74, 6) is 0.641. The number of ether oxygens (including phenoxy) is 1. The zero-order chi connectivity index (χ0) is 9.14. The molecule has 0 aliphatic rings. The predicted molar refractivity (Wildman–Crippen MR) is 47.3 cm³/mol. The molecule has 3 nitrogen and oxygen atoms in total. The standard InChI is InChI=1S/C8H11BrNO2/c1-6(2)12-8-3-7(9)4-10(11)5-8/h3-6,11H,1-2H3/q+1. The van der Waals surface area contributed by atoms with Crippen molar-refractivity contribution >= 4 is 15.9 Å². The highest BCUT2D eigenvalue weighted by molar-refractivity contribution is 9.10. The van der Waals surface area contributed by atoms with Gasteiger partial charge in [0.1, 0.15) is 0 Å². The molecule has 1 heterocycles. The van der Waals surface area contributed by atoms with E-state index in [0.717, 1.165) is 9.20 Å². The minimum absolute atomic E-state index is 0.110. The highest BCUT2D eigenvalue weighted by atomic mass is 79.9. The molecule has 0 aromatic carbocycles. The van der Waals surface area contributed by atoms with E-state index in [0.29, 0.717) is 5.75 Å². The van der Waals surface area contributed by atoms with Gasteiger partial charge in [-0.25, -0.2) is 0 Å². The van der Waals surface area contributed by atoms with Gasteiger partial charge in [0, 0.05) is 10.8 Å². The number of pyridine rings is 1. The van der Waals surface area contributed by atoms with Gasteiger partial charge in [-0.1, -0.05) is 0 Å². The fourth-order valence-electron chi connectivity index (χ4n) is 0.841. The van der Waals surface area contributed by atoms with Crippen LogP contribution >= 0.6 is 15.9 Å². The summed E-state index contributed by atoms with van der Waals surface area (Å²) in [6.07, 6.45) is 3.15. The largest absolute Gasteiger partial charge is 0.485 e. The molecule has 66 valence electrons. The monoisotopic (exact) mass is 232 g/mol. The van der Waals surface area contributed by atoms with Crippen LogP contribution < -0.4 is 9.47 Å². The Bertz CT molecular complexity index is 256. The first-order valence-electron chi connectivity index (χ1n) is 3.65. The SMILES string of the molecule is CC(C)Oc1cc(Br)c[n+](O)c1. The molecule has 4 heteroatoms. The summed E-state index contributed by atoms with van der Waals surface area (Å²) in [5, 5.41) is 9.11. The summed E-state index contributed by atoms with van der Waals surface area (Å²) in [5.41, 5.74) is 0. The van der Waals surface area contributed by atoms with Gasteiger partial charge in [0.25, 0.3) is 6.20 Å². The second-order valence-electron chi connectivity index (χ2n) is 2.74. The van der Waals surface area contributed by atoms with Gasteiger partial charge in [-0.15, -0.1) is 0 Å². The van der Waals surface area contributed by atoms with Crippen molar-refractivity contribution in [2.24, 2.45) is 0 Å². The highest BCUT2D eigenvalue weighted by Gasteiger charge is 2.06. The molecule has 1 aromatic heterocycles. The molecule has 0 amide bonds. The van der Waals surface area contributed by atoms with E-state index in [1.165, 1.54) is 12.4 Å². The molecule has 0 aliphatic carbocycles. The molecule has 0 bridgehead atoms. The summed E-state index contributed by atoms with van der Waals surface area (Å²) >= 11 is 3.24. The van der Waals surface area contributed by atoms with E-state index < -0.39 is 0 Å². The van der Waals surface area contributed by atoms with E-state index in [2.05, 4.69) is 15.9 Å². The summed E-state index contributed by atoms with van der Waals surface area (Å²) < 4.78 is 7.11. The van der Waals surface area contributed by atoms with E-state index >= 15 is 0 Å². The fourth-order valence-corrected chi connectivity index (χ4v) is 1.28. The van der Waals surface area contributed by atoms with Crippen molar-refractivity contribution in [1.82, 2.24) is 0 Å². The van der Waals surface area contributed by atoms with Crippen LogP contribution in [0.15, 0.2) is 22.9 Å². The number of hydrogen-bond donors (Lipinski definition) is 1. The van der Waals surface area contributed by atoms with Gasteiger partial charge >= 0.3 is 0 Å². The molecule has 0 atom stereocenters. The summed E-state index contributed by atoms with van der Waals surface area (Å²) in [4.78, 5) is 0. The van der Waals surface area contributed by atoms with Gasteiger partial charge in [0.15, 0.2) is 5.75 Å². The third-order valence-electron chi connectivity index (χ3n) is 1.17. The zero-order valence-corrected chi connectivity index (χ0v) is 8.58. The quantitative estimate of drug-likeness (QED) is 0.623. The number of nitrogens with zero attached hydrogens (tertiary/aromatic N) is 1. The van der Waals surface area contributed by atoms with Crippen LogP contribution in [-0.4, -0.2) is 11.3 Å². The highest BCUT2D eigenvalue weighted by Crippen LogP contribution is 2.15. The maximum Gasteiger partial charge on any atom is 0.263 e. The van der Waals surface area contributed by atoms with Crippen LogP contribution in [0.25, 0.3) is 0 Å². The molecule has 0 radical (unpaired) electrons. The normalized spacial score (nSPS) is 10.3. The minimum Gasteiger partial charge on any atom is -0.485 e. The maximum atomic E-state index is 9.11. The van der Waals surface area contributed by atoms with Gasteiger partial charge in [-0.2, -0.15) is 0 Å². The smallest absolute Gasteiger partial charge is 0.263 e. The number of halogens is 1. The Kier molecular flexibility index (Phi) is 2.92. The van der Waals surface area contributed by atoms with Gasteiger partial charge < -0.3 is 4.74 Å². The lowest BCUT2D eigenvalue weighted by Crippen LogP contribution is -2.29. The number of hydrogen-bond acceptors (Lipinski definition) is 2. The van der Waals surface area contributed by atoms with Crippen molar-refractivity contribution < 1.29 is 14.7 Å². The summed E-state index contributed by atoms with van der Waals surface area (Å²) in [7, 11) is 0. The van der Waals surface area contributed by atoms with Gasteiger partial charge in [0.05, 0.1) is 10.6 Å². The second-order valence-corrected chi connectivity index (χ2v) is 3.65. The Hall–Kier alpha value is -0.770. The number of rotatable bonds is 2. The molecule has 1 N–H and O–H groups in total. The third-order valence-corrected chi connectivity index (χ3v) is 1.60. The average molecular weight is 233 g/mol. The fraction of sp³-hybridized carbons (Fsp3) is 0.375.